The fourth-order valence-electron chi connectivity index (χ4n) is 3.24. The smallest absolute Gasteiger partial charge is 0.262 e. The van der Waals surface area contributed by atoms with E-state index in [1.54, 1.807) is 0 Å². The Morgan fingerprint density at radius 3 is 2.39 bits per heavy atom. The average Bonchev–Trinajstić information content (AvgIpc) is 3.23. The van der Waals surface area contributed by atoms with E-state index in [-0.39, 0.29) is 12.5 Å². The summed E-state index contributed by atoms with van der Waals surface area (Å²) in [5.41, 5.74) is 5.50. The molecule has 0 saturated heterocycles. The van der Waals surface area contributed by atoms with Gasteiger partial charge in [-0.25, -0.2) is 4.98 Å². The molecule has 1 aromatic heterocycles. The molecule has 0 spiro atoms. The van der Waals surface area contributed by atoms with Crippen molar-refractivity contribution < 1.29 is 13.9 Å². The first-order valence-corrected chi connectivity index (χ1v) is 11.1. The molecule has 3 aromatic carbocycles. The Kier molecular flexibility index (Phi) is 6.37. The Morgan fingerprint density at radius 2 is 1.71 bits per heavy atom. The number of aryl methyl sites for hydroxylation is 2. The van der Waals surface area contributed by atoms with Crippen LogP contribution < -0.4 is 10.1 Å². The summed E-state index contributed by atoms with van der Waals surface area (Å²) in [5, 5.41) is 2.84. The number of ether oxygens (including phenoxy) is 1. The van der Waals surface area contributed by atoms with Crippen LogP contribution in [-0.2, 0) is 17.6 Å². The molecule has 0 atom stereocenters. The maximum Gasteiger partial charge on any atom is 0.262 e. The van der Waals surface area contributed by atoms with Gasteiger partial charge in [0, 0.05) is 11.3 Å². The summed E-state index contributed by atoms with van der Waals surface area (Å²) >= 11 is 3.56. The first kappa shape index (κ1) is 21.1. The van der Waals surface area contributed by atoms with Crippen LogP contribution in [0.1, 0.15) is 25.0 Å². The summed E-state index contributed by atoms with van der Waals surface area (Å²) < 4.78 is 12.4. The van der Waals surface area contributed by atoms with Gasteiger partial charge in [0.25, 0.3) is 5.91 Å². The molecule has 0 unspecified atom stereocenters. The molecule has 0 fully saturated rings. The van der Waals surface area contributed by atoms with Gasteiger partial charge in [0.15, 0.2) is 12.2 Å². The molecule has 0 aliphatic heterocycles. The molecule has 0 aliphatic rings. The Hall–Kier alpha value is -3.12. The number of nitrogens with zero attached hydrogens (tertiary/aromatic N) is 1. The SMILES string of the molecule is CCc1ccc(OCC(=O)Nc2ccc(-c3nc4cc(CC)cc(Br)c4o3)cc2)cc1. The number of oxazole rings is 1. The van der Waals surface area contributed by atoms with Gasteiger partial charge in [-0.2, -0.15) is 0 Å². The van der Waals surface area contributed by atoms with Crippen LogP contribution in [0, 0.1) is 0 Å². The molecule has 4 rings (SSSR count). The van der Waals surface area contributed by atoms with Crippen molar-refractivity contribution in [3.63, 3.8) is 0 Å². The number of amides is 1. The summed E-state index contributed by atoms with van der Waals surface area (Å²) in [4.78, 5) is 16.8. The number of halogens is 1. The highest BCUT2D eigenvalue weighted by Gasteiger charge is 2.12. The van der Waals surface area contributed by atoms with E-state index < -0.39 is 0 Å². The van der Waals surface area contributed by atoms with Crippen LogP contribution in [0.4, 0.5) is 5.69 Å². The molecule has 6 heteroatoms. The van der Waals surface area contributed by atoms with E-state index in [2.05, 4.69) is 46.1 Å². The minimum atomic E-state index is -0.217. The van der Waals surface area contributed by atoms with Gasteiger partial charge in [-0.15, -0.1) is 0 Å². The third-order valence-electron chi connectivity index (χ3n) is 5.03. The second-order valence-corrected chi connectivity index (χ2v) is 8.06. The number of rotatable bonds is 7. The van der Waals surface area contributed by atoms with Crippen molar-refractivity contribution in [3.05, 3.63) is 76.3 Å². The predicted octanol–water partition coefficient (Wildman–Crippen LogP) is 6.40. The number of anilines is 1. The maximum atomic E-state index is 12.2. The van der Waals surface area contributed by atoms with Gasteiger partial charge in [-0.1, -0.05) is 26.0 Å². The van der Waals surface area contributed by atoms with Crippen molar-refractivity contribution >= 4 is 38.6 Å². The molecule has 158 valence electrons. The molecule has 31 heavy (non-hydrogen) atoms. The highest BCUT2D eigenvalue weighted by molar-refractivity contribution is 9.10. The largest absolute Gasteiger partial charge is 0.484 e. The zero-order valence-corrected chi connectivity index (χ0v) is 19.0. The monoisotopic (exact) mass is 478 g/mol. The number of hydrogen-bond donors (Lipinski definition) is 1. The minimum absolute atomic E-state index is 0.0495. The average molecular weight is 479 g/mol. The van der Waals surface area contributed by atoms with Crippen LogP contribution in [0.25, 0.3) is 22.6 Å². The first-order chi connectivity index (χ1) is 15.1. The van der Waals surface area contributed by atoms with Gasteiger partial charge < -0.3 is 14.5 Å². The van der Waals surface area contributed by atoms with E-state index >= 15 is 0 Å². The van der Waals surface area contributed by atoms with Crippen molar-refractivity contribution in [1.29, 1.82) is 0 Å². The van der Waals surface area contributed by atoms with Gasteiger partial charge >= 0.3 is 0 Å². The number of aromatic nitrogens is 1. The van der Waals surface area contributed by atoms with Crippen molar-refractivity contribution in [2.45, 2.75) is 26.7 Å². The number of nitrogens with one attached hydrogen (secondary N) is 1. The summed E-state index contributed by atoms with van der Waals surface area (Å²) in [6.45, 7) is 4.15. The summed E-state index contributed by atoms with van der Waals surface area (Å²) in [5.74, 6) is 1.00. The van der Waals surface area contributed by atoms with E-state index in [4.69, 9.17) is 9.15 Å². The number of benzene rings is 3. The molecular formula is C25H23BrN2O3. The van der Waals surface area contributed by atoms with Crippen molar-refractivity contribution in [2.75, 3.05) is 11.9 Å². The lowest BCUT2D eigenvalue weighted by atomic mass is 10.1. The summed E-state index contributed by atoms with van der Waals surface area (Å²) in [7, 11) is 0. The van der Waals surface area contributed by atoms with E-state index in [1.807, 2.05) is 54.6 Å². The second kappa shape index (κ2) is 9.35. The number of carbonyl (C=O) groups excluding carboxylic acids is 1. The molecule has 0 bridgehead atoms. The van der Waals surface area contributed by atoms with Crippen LogP contribution in [0.5, 0.6) is 5.75 Å². The molecule has 0 radical (unpaired) electrons. The maximum absolute atomic E-state index is 12.2. The van der Waals surface area contributed by atoms with Gasteiger partial charge in [0.1, 0.15) is 11.3 Å². The molecule has 1 heterocycles. The minimum Gasteiger partial charge on any atom is -0.484 e. The van der Waals surface area contributed by atoms with Gasteiger partial charge in [0.05, 0.1) is 4.47 Å². The lowest BCUT2D eigenvalue weighted by molar-refractivity contribution is -0.118. The molecule has 1 N–H and O–H groups in total. The Bertz CT molecular complexity index is 1200. The van der Waals surface area contributed by atoms with Crippen molar-refractivity contribution in [1.82, 2.24) is 4.98 Å². The van der Waals surface area contributed by atoms with Gasteiger partial charge in [-0.3, -0.25) is 4.79 Å². The van der Waals surface area contributed by atoms with Crippen LogP contribution in [0.2, 0.25) is 0 Å². The van der Waals surface area contributed by atoms with Crippen molar-refractivity contribution in [3.8, 4) is 17.2 Å². The summed E-state index contributed by atoms with van der Waals surface area (Å²) in [6.07, 6.45) is 1.90. The molecule has 1 amide bonds. The van der Waals surface area contributed by atoms with E-state index in [0.29, 0.717) is 17.3 Å². The van der Waals surface area contributed by atoms with Crippen LogP contribution in [0.15, 0.2) is 69.6 Å². The van der Waals surface area contributed by atoms with E-state index in [1.165, 1.54) is 11.1 Å². The zero-order chi connectivity index (χ0) is 21.8. The summed E-state index contributed by atoms with van der Waals surface area (Å²) in [6, 6.07) is 19.2. The molecular weight excluding hydrogens is 456 g/mol. The standard InChI is InChI=1S/C25H23BrN2O3/c1-3-16-5-11-20(12-6-16)30-15-23(29)27-19-9-7-18(8-10-19)25-28-22-14-17(4-2)13-21(26)24(22)31-25/h5-14H,3-4,15H2,1-2H3,(H,27,29). The predicted molar refractivity (Wildman–Crippen MR) is 126 cm³/mol. The van der Waals surface area contributed by atoms with Crippen LogP contribution in [-0.4, -0.2) is 17.5 Å². The molecule has 0 aliphatic carbocycles. The normalized spacial score (nSPS) is 10.9. The van der Waals surface area contributed by atoms with Crippen LogP contribution >= 0.6 is 15.9 Å². The quantitative estimate of drug-likeness (QED) is 0.333. The van der Waals surface area contributed by atoms with Gasteiger partial charge in [0.2, 0.25) is 5.89 Å². The Labute approximate surface area is 189 Å². The fourth-order valence-corrected chi connectivity index (χ4v) is 3.82. The first-order valence-electron chi connectivity index (χ1n) is 10.3. The fraction of sp³-hybridized carbons (Fsp3) is 0.200. The number of hydrogen-bond acceptors (Lipinski definition) is 4. The molecule has 4 aromatic rings. The number of fused-ring (bicyclic) bond motifs is 1. The Morgan fingerprint density at radius 1 is 1.00 bits per heavy atom. The van der Waals surface area contributed by atoms with Gasteiger partial charge in [-0.05, 0) is 88.4 Å². The van der Waals surface area contributed by atoms with E-state index in [0.717, 1.165) is 34.0 Å². The third-order valence-corrected chi connectivity index (χ3v) is 5.62. The molecule has 5 nitrogen and oxygen atoms in total. The molecule has 0 saturated carbocycles. The highest BCUT2D eigenvalue weighted by Crippen LogP contribution is 2.31. The zero-order valence-electron chi connectivity index (χ0n) is 17.4. The Balaban J connectivity index is 1.40. The van der Waals surface area contributed by atoms with E-state index in [9.17, 15) is 4.79 Å². The second-order valence-electron chi connectivity index (χ2n) is 7.21. The lowest BCUT2D eigenvalue weighted by Gasteiger charge is -2.08. The highest BCUT2D eigenvalue weighted by atomic mass is 79.9. The number of carbonyl (C=O) groups is 1. The van der Waals surface area contributed by atoms with Crippen molar-refractivity contribution in [2.24, 2.45) is 0 Å². The topological polar surface area (TPSA) is 64.4 Å². The third kappa shape index (κ3) is 4.97. The van der Waals surface area contributed by atoms with Crippen LogP contribution in [0.3, 0.4) is 0 Å². The lowest BCUT2D eigenvalue weighted by Crippen LogP contribution is -2.20.